The summed E-state index contributed by atoms with van der Waals surface area (Å²) in [5, 5.41) is 15.9. The lowest BCUT2D eigenvalue weighted by Gasteiger charge is -2.20. The van der Waals surface area contributed by atoms with E-state index < -0.39 is 6.10 Å². The largest absolute Gasteiger partial charge is 0.478 e. The quantitative estimate of drug-likeness (QED) is 0.0957. The van der Waals surface area contributed by atoms with Gasteiger partial charge in [-0.15, -0.1) is 0 Å². The molecule has 0 aliphatic rings. The number of benzene rings is 16. The van der Waals surface area contributed by atoms with Crippen LogP contribution in [0.25, 0.3) is 143 Å². The maximum Gasteiger partial charge on any atom is 0.207 e. The number of rotatable bonds is 11. The van der Waals surface area contributed by atoms with E-state index in [0.29, 0.717) is 11.3 Å². The number of ether oxygens (including phenoxy) is 1. The minimum absolute atomic E-state index is 0. The molecule has 0 N–H and O–H groups in total. The highest BCUT2D eigenvalue weighted by Crippen LogP contribution is 2.49. The van der Waals surface area contributed by atoms with Crippen molar-refractivity contribution in [3.8, 4) is 72.7 Å². The third-order valence-corrected chi connectivity index (χ3v) is 17.8. The van der Waals surface area contributed by atoms with Crippen molar-refractivity contribution in [2.24, 2.45) is 0 Å². The Balaban J connectivity index is 0.000000151. The summed E-state index contributed by atoms with van der Waals surface area (Å²) in [7, 11) is 0. The van der Waals surface area contributed by atoms with Gasteiger partial charge in [-0.1, -0.05) is 309 Å². The van der Waals surface area contributed by atoms with Crippen molar-refractivity contribution in [1.82, 2.24) is 0 Å². The number of fused-ring (bicyclic) bond motifs is 7. The van der Waals surface area contributed by atoms with Crippen LogP contribution in [-0.4, -0.2) is 5.78 Å². The zero-order valence-corrected chi connectivity index (χ0v) is 49.7. The average Bonchev–Trinajstić information content (AvgIpc) is 0.773. The normalized spacial score (nSPS) is 11.7. The Hall–Kier alpha value is -11.9. The number of carbonyl (C=O) groups excluding carboxylic acids is 1. The van der Waals surface area contributed by atoms with E-state index in [0.717, 1.165) is 44.5 Å². The Bertz CT molecular complexity index is 5450. The summed E-state index contributed by atoms with van der Waals surface area (Å²) < 4.78 is 13.1. The molecule has 17 aromatic rings. The molecule has 1 aromatic heterocycles. The van der Waals surface area contributed by atoms with Crippen molar-refractivity contribution < 1.29 is 15.4 Å². The molecule has 0 radical (unpaired) electrons. The van der Waals surface area contributed by atoms with Crippen molar-refractivity contribution in [3.05, 3.63) is 357 Å². The van der Waals surface area contributed by atoms with Gasteiger partial charge in [-0.2, -0.15) is 0 Å². The summed E-state index contributed by atoms with van der Waals surface area (Å²) in [4.78, 5) is 13.6. The number of hydrogen-bond donors (Lipinski definition) is 0. The summed E-state index contributed by atoms with van der Waals surface area (Å²) in [5.74, 6) is 1.47. The first-order chi connectivity index (χ1) is 45.1. The van der Waals surface area contributed by atoms with Gasteiger partial charge in [0.25, 0.3) is 0 Å². The summed E-state index contributed by atoms with van der Waals surface area (Å²) in [6.07, 6.45) is -0.752. The van der Waals surface area contributed by atoms with Gasteiger partial charge in [0, 0.05) is 29.1 Å². The van der Waals surface area contributed by atoms with E-state index in [2.05, 4.69) is 267 Å². The number of hydrogen-bond acceptors (Lipinski definition) is 3. The second-order valence-electron chi connectivity index (χ2n) is 23.2. The Morgan fingerprint density at radius 2 is 0.615 bits per heavy atom. The maximum atomic E-state index is 13.6. The average molecular weight is 1170 g/mol. The van der Waals surface area contributed by atoms with Crippen LogP contribution in [0.4, 0.5) is 0 Å². The molecular formula is C88H60O3. The molecule has 91 heavy (non-hydrogen) atoms. The van der Waals surface area contributed by atoms with Gasteiger partial charge in [-0.25, -0.2) is 0 Å². The molecule has 0 spiro atoms. The standard InChI is InChI=1S/C44H30O2.C44H28O.H2/c45-43(32-14-3-1-4-15-32)44(33-16-5-2-6-17-33)46-36-27-25-31(26-28-36)41-37-19-9-11-21-39(37)42(40-22-12-10-20-38(40)41)35-24-23-30-13-7-8-18-34(30)29-35;1-3-14-30(15-4-1)43-39-28-34(25-26-40(39)45-44(43)31-16-5-2-6-17-31)42-37-21-11-9-19-35(37)41(36-20-10-12-22-38(36)42)33-24-23-29-13-7-8-18-32(29)27-33;/h1-29,44H;1-28H;1H/i;;1+1. The van der Waals surface area contributed by atoms with E-state index >= 15 is 0 Å². The fourth-order valence-corrected chi connectivity index (χ4v) is 13.6. The summed E-state index contributed by atoms with van der Waals surface area (Å²) in [6, 6.07) is 121. The molecule has 1 heterocycles. The van der Waals surface area contributed by atoms with Gasteiger partial charge in [-0.3, -0.25) is 4.79 Å². The monoisotopic (exact) mass is 1170 g/mol. The molecule has 430 valence electrons. The van der Waals surface area contributed by atoms with Crippen LogP contribution in [0.3, 0.4) is 0 Å². The molecule has 1 atom stereocenters. The lowest BCUT2D eigenvalue weighted by molar-refractivity contribution is 0.0792. The highest BCUT2D eigenvalue weighted by Gasteiger charge is 2.26. The smallest absolute Gasteiger partial charge is 0.207 e. The lowest BCUT2D eigenvalue weighted by Crippen LogP contribution is -2.19. The minimum atomic E-state index is -0.752. The van der Waals surface area contributed by atoms with Gasteiger partial charge in [0.2, 0.25) is 5.78 Å². The van der Waals surface area contributed by atoms with E-state index in [-0.39, 0.29) is 7.21 Å². The minimum Gasteiger partial charge on any atom is -0.478 e. The molecule has 16 aromatic carbocycles. The number of ketones is 1. The van der Waals surface area contributed by atoms with Crippen molar-refractivity contribution in [2.75, 3.05) is 0 Å². The van der Waals surface area contributed by atoms with E-state index in [1.165, 1.54) is 104 Å². The molecule has 0 amide bonds. The third kappa shape index (κ3) is 10.1. The van der Waals surface area contributed by atoms with E-state index in [1.807, 2.05) is 78.9 Å². The van der Waals surface area contributed by atoms with Crippen molar-refractivity contribution in [1.29, 1.82) is 0 Å². The molecule has 3 heteroatoms. The predicted molar refractivity (Wildman–Crippen MR) is 383 cm³/mol. The van der Waals surface area contributed by atoms with Crippen LogP contribution in [0.2, 0.25) is 0 Å². The topological polar surface area (TPSA) is 39.4 Å². The van der Waals surface area contributed by atoms with E-state index in [1.54, 1.807) is 0 Å². The van der Waals surface area contributed by atoms with Gasteiger partial charge in [0.15, 0.2) is 6.10 Å². The van der Waals surface area contributed by atoms with E-state index in [4.69, 9.17) is 9.15 Å². The number of carbonyl (C=O) groups is 1. The first-order valence-electron chi connectivity index (χ1n) is 31.0. The number of Topliss-reactive ketones (excluding diaryl/α,β-unsaturated/α-hetero) is 1. The van der Waals surface area contributed by atoms with Gasteiger partial charge in [0.1, 0.15) is 17.1 Å². The Kier molecular flexibility index (Phi) is 14.2. The molecule has 3 nitrogen and oxygen atoms in total. The van der Waals surface area contributed by atoms with Crippen LogP contribution in [0.15, 0.2) is 350 Å². The van der Waals surface area contributed by atoms with Crippen molar-refractivity contribution in [2.45, 2.75) is 6.10 Å². The maximum absolute atomic E-state index is 13.6. The van der Waals surface area contributed by atoms with Gasteiger partial charge < -0.3 is 9.15 Å². The van der Waals surface area contributed by atoms with Gasteiger partial charge in [-0.05, 0) is 151 Å². The molecule has 0 aliphatic carbocycles. The van der Waals surface area contributed by atoms with Crippen LogP contribution in [0.1, 0.15) is 23.5 Å². The molecule has 17 rings (SSSR count). The van der Waals surface area contributed by atoms with E-state index in [9.17, 15) is 4.79 Å². The fourth-order valence-electron chi connectivity index (χ4n) is 13.6. The van der Waals surface area contributed by atoms with Crippen LogP contribution < -0.4 is 4.74 Å². The second kappa shape index (κ2) is 23.6. The van der Waals surface area contributed by atoms with Crippen LogP contribution >= 0.6 is 0 Å². The molecule has 0 bridgehead atoms. The lowest BCUT2D eigenvalue weighted by atomic mass is 9.85. The molecule has 0 saturated carbocycles. The zero-order chi connectivity index (χ0) is 60.6. The highest BCUT2D eigenvalue weighted by molar-refractivity contribution is 6.24. The third-order valence-electron chi connectivity index (χ3n) is 17.8. The summed E-state index contributed by atoms with van der Waals surface area (Å²) in [5.41, 5.74) is 15.3. The van der Waals surface area contributed by atoms with Crippen molar-refractivity contribution >= 4 is 81.4 Å². The Labute approximate surface area is 529 Å². The Morgan fingerprint density at radius 3 is 1.08 bits per heavy atom. The molecular weight excluding hydrogens is 1100 g/mol. The Morgan fingerprint density at radius 1 is 0.275 bits per heavy atom. The second-order valence-corrected chi connectivity index (χ2v) is 23.2. The van der Waals surface area contributed by atoms with Crippen LogP contribution in [0, 0.1) is 0 Å². The van der Waals surface area contributed by atoms with Crippen LogP contribution in [0.5, 0.6) is 5.75 Å². The molecule has 0 fully saturated rings. The molecule has 1 unspecified atom stereocenters. The first kappa shape index (κ1) is 54.5. The summed E-state index contributed by atoms with van der Waals surface area (Å²) in [6.45, 7) is 0. The highest BCUT2D eigenvalue weighted by atomic mass is 16.5. The van der Waals surface area contributed by atoms with Gasteiger partial charge >= 0.3 is 0 Å². The van der Waals surface area contributed by atoms with Crippen molar-refractivity contribution in [3.63, 3.8) is 0 Å². The predicted octanol–water partition coefficient (Wildman–Crippen LogP) is 24.3. The zero-order valence-electron chi connectivity index (χ0n) is 49.7. The fraction of sp³-hybridized carbons (Fsp3) is 0.0114. The molecule has 0 aliphatic heterocycles. The molecule has 0 saturated heterocycles. The SMILES string of the molecule is O=C(c1ccccc1)C(Oc1ccc(-c2c3ccccc3c(-c3ccc4ccccc4c3)c3ccccc23)cc1)c1ccccc1.[2HH].c1ccc(-c2oc3ccc(-c4c5ccccc5c(-c5ccc6ccccc6c5)c5ccccc45)cc3c2-c2ccccc2)cc1. The number of furan rings is 1. The van der Waals surface area contributed by atoms with Crippen LogP contribution in [-0.2, 0) is 0 Å². The first-order valence-corrected chi connectivity index (χ1v) is 31.0. The summed E-state index contributed by atoms with van der Waals surface area (Å²) >= 11 is 0. The van der Waals surface area contributed by atoms with Gasteiger partial charge in [0.05, 0.1) is 0 Å².